The number of morpholine rings is 1. The van der Waals surface area contributed by atoms with E-state index in [-0.39, 0.29) is 62.9 Å². The number of hydrogen-bond donors (Lipinski definition) is 2. The third kappa shape index (κ3) is 15.1. The fourth-order valence-corrected chi connectivity index (χ4v) is 14.6. The first kappa shape index (κ1) is 68.4. The second-order valence-corrected chi connectivity index (χ2v) is 26.9. The fraction of sp³-hybridized carbons (Fsp3) is 0.534. The van der Waals surface area contributed by atoms with Gasteiger partial charge in [-0.25, -0.2) is 43.1 Å². The highest BCUT2D eigenvalue weighted by Crippen LogP contribution is 2.47. The Morgan fingerprint density at radius 1 is 0.739 bits per heavy atom. The van der Waals surface area contributed by atoms with Crippen molar-refractivity contribution in [3.8, 4) is 28.9 Å². The molecule has 19 heteroatoms. The summed E-state index contributed by atoms with van der Waals surface area (Å²) in [6.07, 6.45) is 13.9. The van der Waals surface area contributed by atoms with Crippen LogP contribution in [0.15, 0.2) is 60.7 Å². The molecule has 2 N–H and O–H groups in total. The molecule has 92 heavy (non-hydrogen) atoms. The van der Waals surface area contributed by atoms with E-state index in [0.717, 1.165) is 77.5 Å². The molecular weight excluding hydrogens is 1180 g/mol. The van der Waals surface area contributed by atoms with Gasteiger partial charge < -0.3 is 33.4 Å². The first-order chi connectivity index (χ1) is 44.3. The second kappa shape index (κ2) is 30.7. The number of ether oxygens (including phenoxy) is 5. The Morgan fingerprint density at radius 3 is 2.03 bits per heavy atom. The Hall–Kier alpha value is -7.93. The highest BCUT2D eigenvalue weighted by molar-refractivity contribution is 6.33. The number of aryl methyl sites for hydroxylation is 2. The monoisotopic (exact) mass is 1270 g/mol. The molecule has 3 fully saturated rings. The molecule has 4 unspecified atom stereocenters. The van der Waals surface area contributed by atoms with Gasteiger partial charge in [-0.3, -0.25) is 10.2 Å². The summed E-state index contributed by atoms with van der Waals surface area (Å²) in [6.45, 7) is 41.9. The standard InChI is InChI=1S/C44H57N5O6.C29H35ClN4O3/c1-8-9-10-11-12-13-20-53-36-17-14-28(2)25-35(36)27-34-26-33(16-15-30(34)4)40-46-41-37(43(50)54-39-31(5)23-29(3)24-32(39)6)38(45-7)42(49(41)47-40)55-44(51)48-18-21-52-22-19-48;1-7-29(8-2,16-35)28-32-25-22(15-21-18(4)13-17(3)14-19(21)5)24(31-6)26(34(25)33-28)37-27(36)20-11-9-10-12-23(20)30/h14-17,25-26,29,31-32,39H,8-13,18-24,27H2,1-6H3,(H,46,47);9-12,16-19,21H,7-8,13-15H2,1-5H3,(H,32,33). The lowest BCUT2D eigenvalue weighted by molar-refractivity contribution is -0.113. The molecule has 2 saturated carbocycles. The van der Waals surface area contributed by atoms with Crippen molar-refractivity contribution >= 4 is 58.6 Å². The number of aromatic amines is 2. The third-order valence-corrected chi connectivity index (χ3v) is 19.9. The number of nitrogens with zero attached hydrogens (tertiary/aromatic N) is 7. The minimum absolute atomic E-state index is 0.0143. The summed E-state index contributed by atoms with van der Waals surface area (Å²) in [4.78, 5) is 71.7. The van der Waals surface area contributed by atoms with Gasteiger partial charge in [-0.1, -0.05) is 148 Å². The van der Waals surface area contributed by atoms with Crippen LogP contribution >= 0.6 is 11.6 Å². The van der Waals surface area contributed by atoms with Crippen molar-refractivity contribution in [2.45, 2.75) is 178 Å². The molecular formula is C73H92ClN9O9. The lowest BCUT2D eigenvalue weighted by atomic mass is 9.67. The van der Waals surface area contributed by atoms with Gasteiger partial charge in [0.2, 0.25) is 11.8 Å². The molecule has 1 saturated heterocycles. The van der Waals surface area contributed by atoms with Crippen LogP contribution in [0.4, 0.5) is 16.2 Å². The average molecular weight is 1280 g/mol. The third-order valence-electron chi connectivity index (χ3n) is 19.6. The highest BCUT2D eigenvalue weighted by atomic mass is 35.5. The molecule has 4 aromatic heterocycles. The number of rotatable bonds is 22. The molecule has 490 valence electrons. The average Bonchev–Trinajstić information content (AvgIpc) is 1.60. The zero-order chi connectivity index (χ0) is 66.0. The topological polar surface area (TPSA) is 193 Å². The second-order valence-electron chi connectivity index (χ2n) is 26.5. The van der Waals surface area contributed by atoms with Gasteiger partial charge in [-0.2, -0.15) is 0 Å². The van der Waals surface area contributed by atoms with Gasteiger partial charge in [0.1, 0.15) is 35.2 Å². The normalized spacial score (nSPS) is 20.8. The molecule has 3 aliphatic rings. The van der Waals surface area contributed by atoms with E-state index in [2.05, 4.69) is 113 Å². The van der Waals surface area contributed by atoms with Crippen molar-refractivity contribution in [1.29, 1.82) is 0 Å². The predicted molar refractivity (Wildman–Crippen MR) is 358 cm³/mol. The molecule has 0 spiro atoms. The maximum Gasteiger partial charge on any atom is 0.415 e. The highest BCUT2D eigenvalue weighted by Gasteiger charge is 2.40. The molecule has 5 heterocycles. The van der Waals surface area contributed by atoms with Gasteiger partial charge in [-0.05, 0) is 148 Å². The van der Waals surface area contributed by atoms with Gasteiger partial charge >= 0.3 is 18.0 Å². The van der Waals surface area contributed by atoms with Crippen molar-refractivity contribution in [3.05, 3.63) is 133 Å². The summed E-state index contributed by atoms with van der Waals surface area (Å²) in [7, 11) is 0. The quantitative estimate of drug-likeness (QED) is 0.0284. The molecule has 1 aliphatic heterocycles. The van der Waals surface area contributed by atoms with Crippen LogP contribution in [0.3, 0.4) is 0 Å². The van der Waals surface area contributed by atoms with Crippen LogP contribution in [0.25, 0.3) is 32.4 Å². The van der Waals surface area contributed by atoms with Crippen LogP contribution < -0.4 is 14.2 Å². The van der Waals surface area contributed by atoms with E-state index in [4.69, 9.17) is 58.4 Å². The van der Waals surface area contributed by atoms with Gasteiger partial charge in [0, 0.05) is 30.6 Å². The number of aldehydes is 1. The van der Waals surface area contributed by atoms with E-state index in [9.17, 15) is 19.2 Å². The summed E-state index contributed by atoms with van der Waals surface area (Å²) >= 11 is 6.25. The zero-order valence-electron chi connectivity index (χ0n) is 55.6. The number of carbonyl (C=O) groups excluding carboxylic acids is 4. The maximum absolute atomic E-state index is 14.1. The van der Waals surface area contributed by atoms with Crippen LogP contribution in [-0.4, -0.2) is 97.4 Å². The number of benzene rings is 3. The van der Waals surface area contributed by atoms with Gasteiger partial charge in [-0.15, -0.1) is 0 Å². The molecule has 0 radical (unpaired) electrons. The van der Waals surface area contributed by atoms with Gasteiger partial charge in [0.25, 0.3) is 11.4 Å². The van der Waals surface area contributed by atoms with Crippen molar-refractivity contribution in [2.24, 2.45) is 41.4 Å². The predicted octanol–water partition coefficient (Wildman–Crippen LogP) is 17.1. The van der Waals surface area contributed by atoms with Crippen molar-refractivity contribution < 1.29 is 42.9 Å². The summed E-state index contributed by atoms with van der Waals surface area (Å²) in [5.74, 6) is 3.41. The molecule has 18 nitrogen and oxygen atoms in total. The van der Waals surface area contributed by atoms with E-state index in [1.807, 2.05) is 19.9 Å². The lowest BCUT2D eigenvalue weighted by Crippen LogP contribution is -2.42. The number of halogens is 1. The summed E-state index contributed by atoms with van der Waals surface area (Å²) in [5.41, 5.74) is 6.31. The molecule has 2 aliphatic carbocycles. The fourth-order valence-electron chi connectivity index (χ4n) is 14.4. The van der Waals surface area contributed by atoms with Gasteiger partial charge in [0.15, 0.2) is 11.5 Å². The summed E-state index contributed by atoms with van der Waals surface area (Å²) in [5, 5.41) is 6.74. The smallest absolute Gasteiger partial charge is 0.415 e. The van der Waals surface area contributed by atoms with Crippen LogP contribution in [0.2, 0.25) is 5.02 Å². The van der Waals surface area contributed by atoms with E-state index in [1.54, 1.807) is 28.8 Å². The molecule has 10 rings (SSSR count). The number of fused-ring (bicyclic) bond motifs is 2. The summed E-state index contributed by atoms with van der Waals surface area (Å²) < 4.78 is 32.7. The first-order valence-electron chi connectivity index (χ1n) is 33.3. The van der Waals surface area contributed by atoms with Crippen molar-refractivity contribution in [3.63, 3.8) is 0 Å². The van der Waals surface area contributed by atoms with Crippen LogP contribution in [-0.2, 0) is 32.5 Å². The number of nitrogens with one attached hydrogen (secondary N) is 2. The Labute approximate surface area is 547 Å². The van der Waals surface area contributed by atoms with Gasteiger partial charge in [0.05, 0.1) is 49.0 Å². The first-order valence-corrected chi connectivity index (χ1v) is 33.7. The number of amides is 1. The van der Waals surface area contributed by atoms with Crippen LogP contribution in [0, 0.1) is 68.4 Å². The number of hydrogen-bond acceptors (Lipinski definition) is 11. The van der Waals surface area contributed by atoms with E-state index < -0.39 is 23.4 Å². The number of unbranched alkanes of at least 4 members (excludes halogenated alkanes) is 5. The van der Waals surface area contributed by atoms with Crippen LogP contribution in [0.1, 0.15) is 194 Å². The minimum atomic E-state index is -0.792. The lowest BCUT2D eigenvalue weighted by Gasteiger charge is -2.38. The summed E-state index contributed by atoms with van der Waals surface area (Å²) in [6, 6.07) is 19.1. The number of carbonyl (C=O) groups is 4. The van der Waals surface area contributed by atoms with E-state index in [1.165, 1.54) is 41.5 Å². The molecule has 3 aromatic carbocycles. The molecule has 7 aromatic rings. The zero-order valence-corrected chi connectivity index (χ0v) is 56.3. The van der Waals surface area contributed by atoms with Crippen molar-refractivity contribution in [2.75, 3.05) is 32.9 Å². The number of H-pyrrole nitrogens is 2. The molecule has 0 bridgehead atoms. The number of aromatic nitrogens is 6. The van der Waals surface area contributed by atoms with Crippen molar-refractivity contribution in [1.82, 2.24) is 34.1 Å². The Morgan fingerprint density at radius 2 is 1.38 bits per heavy atom. The minimum Gasteiger partial charge on any atom is -0.493 e. The largest absolute Gasteiger partial charge is 0.493 e. The Balaban J connectivity index is 0.000000235. The van der Waals surface area contributed by atoms with E-state index in [0.29, 0.717) is 105 Å². The number of esters is 2. The van der Waals surface area contributed by atoms with Crippen LogP contribution in [0.5, 0.6) is 17.5 Å². The Kier molecular flexibility index (Phi) is 22.8. The molecule has 1 amide bonds. The Bertz CT molecular complexity index is 3810. The maximum atomic E-state index is 14.1. The SMILES string of the molecule is [C-]#[N+]c1c(C(=O)OC2C(C)CC(C)CC2C)c2nc(-c3ccc(C)c(Cc4cc(C)ccc4OCCCCCCCC)c3)[nH]n2c1OC(=O)N1CCOCC1.[C-]#[N+]c1c(CC2C(C)CC(C)CC2C)c2nc(C(C=O)(CC)CC)[nH]n2c1OC(=O)c1ccccc1Cl. The molecule has 4 atom stereocenters. The van der Waals surface area contributed by atoms with E-state index >= 15 is 0 Å².